The van der Waals surface area contributed by atoms with Crippen molar-refractivity contribution in [3.05, 3.63) is 22.7 Å². The number of morpholine rings is 1. The van der Waals surface area contributed by atoms with Gasteiger partial charge in [0.05, 0.1) is 24.6 Å². The van der Waals surface area contributed by atoms with E-state index in [2.05, 4.69) is 31.5 Å². The number of hydrogen-bond acceptors (Lipinski definition) is 4. The van der Waals surface area contributed by atoms with Crippen molar-refractivity contribution in [1.82, 2.24) is 5.32 Å². The Morgan fingerprint density at radius 3 is 2.65 bits per heavy atom. The third-order valence-electron chi connectivity index (χ3n) is 3.42. The van der Waals surface area contributed by atoms with Crippen LogP contribution in [0.3, 0.4) is 0 Å². The zero-order valence-electron chi connectivity index (χ0n) is 13.1. The number of ether oxygens (including phenoxy) is 1. The number of carbonyl (C=O) groups is 1. The molecular weight excluding hydrogens is 405 g/mol. The van der Waals surface area contributed by atoms with Crippen molar-refractivity contribution in [1.29, 1.82) is 0 Å². The van der Waals surface area contributed by atoms with Crippen LogP contribution in [0.2, 0.25) is 0 Å². The Hall–Kier alpha value is -0.530. The van der Waals surface area contributed by atoms with Crippen LogP contribution in [0.5, 0.6) is 0 Å². The van der Waals surface area contributed by atoms with Crippen LogP contribution in [0.4, 0.5) is 11.4 Å². The summed E-state index contributed by atoms with van der Waals surface area (Å²) in [7, 11) is 1.89. The molecule has 1 fully saturated rings. The third kappa shape index (κ3) is 7.27. The predicted molar refractivity (Wildman–Crippen MR) is 103 cm³/mol. The van der Waals surface area contributed by atoms with Gasteiger partial charge in [-0.05, 0) is 38.2 Å². The molecule has 0 spiro atoms. The van der Waals surface area contributed by atoms with Crippen LogP contribution in [-0.2, 0) is 9.53 Å². The molecule has 0 aromatic heterocycles. The highest BCUT2D eigenvalue weighted by molar-refractivity contribution is 9.10. The molecule has 0 atom stereocenters. The Morgan fingerprint density at radius 2 is 2.00 bits per heavy atom. The highest BCUT2D eigenvalue weighted by Crippen LogP contribution is 2.30. The molecule has 0 bridgehead atoms. The van der Waals surface area contributed by atoms with E-state index in [9.17, 15) is 4.79 Å². The summed E-state index contributed by atoms with van der Waals surface area (Å²) in [6.45, 7) is 4.01. The van der Waals surface area contributed by atoms with Gasteiger partial charge in [-0.25, -0.2) is 0 Å². The lowest BCUT2D eigenvalue weighted by atomic mass is 10.2. The second kappa shape index (κ2) is 11.9. The summed E-state index contributed by atoms with van der Waals surface area (Å²) < 4.78 is 6.35. The normalized spacial score (nSPS) is 13.7. The van der Waals surface area contributed by atoms with E-state index in [1.54, 1.807) is 0 Å². The molecule has 0 unspecified atom stereocenters. The fourth-order valence-electron chi connectivity index (χ4n) is 2.33. The van der Waals surface area contributed by atoms with E-state index in [0.29, 0.717) is 6.42 Å². The van der Waals surface area contributed by atoms with E-state index in [1.165, 1.54) is 0 Å². The van der Waals surface area contributed by atoms with Gasteiger partial charge in [-0.3, -0.25) is 4.79 Å². The molecule has 1 aliphatic heterocycles. The molecule has 1 aromatic rings. The van der Waals surface area contributed by atoms with E-state index < -0.39 is 0 Å². The van der Waals surface area contributed by atoms with Crippen molar-refractivity contribution in [2.75, 3.05) is 50.1 Å². The number of nitrogens with zero attached hydrogens (tertiary/aromatic N) is 1. The van der Waals surface area contributed by atoms with Gasteiger partial charge in [-0.2, -0.15) is 0 Å². The van der Waals surface area contributed by atoms with E-state index in [0.717, 1.165) is 55.1 Å². The number of rotatable bonds is 6. The van der Waals surface area contributed by atoms with Crippen LogP contribution < -0.4 is 15.5 Å². The maximum absolute atomic E-state index is 12.0. The van der Waals surface area contributed by atoms with Crippen LogP contribution in [0, 0.1) is 0 Å². The number of carbonyl (C=O) groups excluding carboxylic acids is 1. The lowest BCUT2D eigenvalue weighted by molar-refractivity contribution is -0.116. The Morgan fingerprint density at radius 1 is 1.30 bits per heavy atom. The first-order chi connectivity index (χ1) is 10.2. The van der Waals surface area contributed by atoms with Crippen LogP contribution >= 0.6 is 40.7 Å². The highest BCUT2D eigenvalue weighted by atomic mass is 79.9. The van der Waals surface area contributed by atoms with Gasteiger partial charge in [0.25, 0.3) is 0 Å². The molecule has 23 heavy (non-hydrogen) atoms. The molecule has 1 heterocycles. The van der Waals surface area contributed by atoms with Crippen LogP contribution in [0.15, 0.2) is 22.7 Å². The lowest BCUT2D eigenvalue weighted by Gasteiger charge is -2.30. The maximum atomic E-state index is 12.0. The molecule has 2 N–H and O–H groups in total. The van der Waals surface area contributed by atoms with E-state index >= 15 is 0 Å². The minimum absolute atomic E-state index is 0. The molecule has 2 rings (SSSR count). The van der Waals surface area contributed by atoms with Gasteiger partial charge in [0.1, 0.15) is 0 Å². The van der Waals surface area contributed by atoms with Crippen molar-refractivity contribution in [3.63, 3.8) is 0 Å². The van der Waals surface area contributed by atoms with E-state index in [1.807, 2.05) is 25.2 Å². The second-order valence-corrected chi connectivity index (χ2v) is 5.93. The molecule has 1 aromatic carbocycles. The number of anilines is 2. The van der Waals surface area contributed by atoms with Crippen molar-refractivity contribution in [3.8, 4) is 0 Å². The monoisotopic (exact) mass is 427 g/mol. The molecule has 1 amide bonds. The summed E-state index contributed by atoms with van der Waals surface area (Å²) in [5.74, 6) is 0.0536. The van der Waals surface area contributed by atoms with Crippen LogP contribution in [0.25, 0.3) is 0 Å². The number of halogens is 3. The first kappa shape index (κ1) is 22.5. The highest BCUT2D eigenvalue weighted by Gasteiger charge is 2.16. The summed E-state index contributed by atoms with van der Waals surface area (Å²) in [5, 5.41) is 6.08. The molecule has 5 nitrogen and oxygen atoms in total. The summed E-state index contributed by atoms with van der Waals surface area (Å²) >= 11 is 3.47. The summed E-state index contributed by atoms with van der Waals surface area (Å²) in [6, 6.07) is 6.00. The van der Waals surface area contributed by atoms with Crippen molar-refractivity contribution >= 4 is 58.0 Å². The largest absolute Gasteiger partial charge is 0.378 e. The molecule has 0 saturated carbocycles. The number of benzene rings is 1. The van der Waals surface area contributed by atoms with Gasteiger partial charge in [0.2, 0.25) is 5.91 Å². The first-order valence-corrected chi connectivity index (χ1v) is 8.06. The zero-order valence-corrected chi connectivity index (χ0v) is 16.4. The van der Waals surface area contributed by atoms with Gasteiger partial charge in [0, 0.05) is 24.0 Å². The zero-order chi connectivity index (χ0) is 15.1. The van der Waals surface area contributed by atoms with Gasteiger partial charge in [0.15, 0.2) is 0 Å². The third-order valence-corrected chi connectivity index (χ3v) is 3.91. The van der Waals surface area contributed by atoms with E-state index in [-0.39, 0.29) is 30.7 Å². The molecule has 132 valence electrons. The second-order valence-electron chi connectivity index (χ2n) is 5.02. The Labute approximate surface area is 158 Å². The Balaban J connectivity index is 0.00000242. The molecule has 0 radical (unpaired) electrons. The number of hydrogen-bond donors (Lipinski definition) is 2. The fraction of sp³-hybridized carbons (Fsp3) is 0.533. The molecule has 0 aliphatic carbocycles. The SMILES string of the molecule is CNCCCC(=O)Nc1cc(Br)ccc1N1CCOCC1.Cl.Cl. The summed E-state index contributed by atoms with van der Waals surface area (Å²) in [4.78, 5) is 14.3. The average molecular weight is 429 g/mol. The minimum atomic E-state index is 0. The Kier molecular flexibility index (Phi) is 11.6. The predicted octanol–water partition coefficient (Wildman–Crippen LogP) is 3.07. The smallest absolute Gasteiger partial charge is 0.224 e. The lowest BCUT2D eigenvalue weighted by Crippen LogP contribution is -2.36. The first-order valence-electron chi connectivity index (χ1n) is 7.27. The standard InChI is InChI=1S/C15H22BrN3O2.2ClH/c1-17-6-2-3-15(20)18-13-11-12(16)4-5-14(13)19-7-9-21-10-8-19;;/h4-5,11,17H,2-3,6-10H2,1H3,(H,18,20);2*1H. The van der Waals surface area contributed by atoms with E-state index in [4.69, 9.17) is 4.74 Å². The Bertz CT molecular complexity index is 486. The van der Waals surface area contributed by atoms with Gasteiger partial charge in [-0.15, -0.1) is 24.8 Å². The number of amides is 1. The van der Waals surface area contributed by atoms with Gasteiger partial charge < -0.3 is 20.3 Å². The fourth-order valence-corrected chi connectivity index (χ4v) is 2.69. The number of nitrogens with one attached hydrogen (secondary N) is 2. The van der Waals surface area contributed by atoms with Gasteiger partial charge in [-0.1, -0.05) is 15.9 Å². The topological polar surface area (TPSA) is 53.6 Å². The quantitative estimate of drug-likeness (QED) is 0.683. The minimum Gasteiger partial charge on any atom is -0.378 e. The average Bonchev–Trinajstić information content (AvgIpc) is 2.48. The van der Waals surface area contributed by atoms with Crippen LogP contribution in [-0.4, -0.2) is 45.8 Å². The molecule has 1 aliphatic rings. The van der Waals surface area contributed by atoms with Crippen molar-refractivity contribution in [2.24, 2.45) is 0 Å². The van der Waals surface area contributed by atoms with Gasteiger partial charge >= 0.3 is 0 Å². The summed E-state index contributed by atoms with van der Waals surface area (Å²) in [5.41, 5.74) is 1.92. The maximum Gasteiger partial charge on any atom is 0.224 e. The molecular formula is C15H24BrCl2N3O2. The van der Waals surface area contributed by atoms with Crippen molar-refractivity contribution in [2.45, 2.75) is 12.8 Å². The van der Waals surface area contributed by atoms with Crippen LogP contribution in [0.1, 0.15) is 12.8 Å². The molecule has 1 saturated heterocycles. The molecule has 8 heteroatoms. The summed E-state index contributed by atoms with van der Waals surface area (Å²) in [6.07, 6.45) is 1.36. The van der Waals surface area contributed by atoms with Crippen molar-refractivity contribution < 1.29 is 9.53 Å².